The Balaban J connectivity index is 2.04. The van der Waals surface area contributed by atoms with E-state index in [0.29, 0.717) is 0 Å². The van der Waals surface area contributed by atoms with Gasteiger partial charge in [0.15, 0.2) is 0 Å². The quantitative estimate of drug-likeness (QED) is 0.809. The maximum atomic E-state index is 12.6. The molecule has 0 heterocycles. The van der Waals surface area contributed by atoms with E-state index in [2.05, 4.69) is 12.2 Å². The first-order valence-corrected chi connectivity index (χ1v) is 7.60. The highest BCUT2D eigenvalue weighted by Gasteiger charge is 2.43. The Bertz CT molecular complexity index is 289. The third kappa shape index (κ3) is 2.56. The minimum Gasteiger partial charge on any atom is -0.394 e. The molecule has 2 aliphatic carbocycles. The van der Waals surface area contributed by atoms with E-state index in [1.807, 2.05) is 0 Å². The van der Waals surface area contributed by atoms with Gasteiger partial charge in [-0.15, -0.1) is 0 Å². The number of nitrogens with one attached hydrogen (secondary N) is 1. The lowest BCUT2D eigenvalue weighted by molar-refractivity contribution is -0.134. The van der Waals surface area contributed by atoms with Crippen LogP contribution in [-0.4, -0.2) is 23.2 Å². The van der Waals surface area contributed by atoms with E-state index in [0.717, 1.165) is 44.9 Å². The summed E-state index contributed by atoms with van der Waals surface area (Å²) in [5.74, 6) is 0.207. The molecule has 0 aromatic rings. The molecule has 2 aliphatic rings. The fraction of sp³-hybridized carbons (Fsp3) is 0.933. The lowest BCUT2D eigenvalue weighted by Gasteiger charge is -2.39. The van der Waals surface area contributed by atoms with Gasteiger partial charge in [0.25, 0.3) is 0 Å². The molecular weight excluding hydrogens is 226 g/mol. The normalized spacial score (nSPS) is 25.9. The maximum absolute atomic E-state index is 12.6. The van der Waals surface area contributed by atoms with Crippen LogP contribution in [0.2, 0.25) is 0 Å². The smallest absolute Gasteiger partial charge is 0.226 e. The number of rotatable bonds is 4. The third-order valence-corrected chi connectivity index (χ3v) is 5.21. The Morgan fingerprint density at radius 3 is 2.11 bits per heavy atom. The molecule has 0 atom stereocenters. The molecule has 0 bridgehead atoms. The minimum atomic E-state index is -0.319. The summed E-state index contributed by atoms with van der Waals surface area (Å²) >= 11 is 0. The lowest BCUT2D eigenvalue weighted by Crippen LogP contribution is -2.56. The van der Waals surface area contributed by atoms with Crippen LogP contribution in [0, 0.1) is 5.41 Å². The second kappa shape index (κ2) is 5.60. The van der Waals surface area contributed by atoms with Crippen LogP contribution in [0.15, 0.2) is 0 Å². The highest BCUT2D eigenvalue weighted by Crippen LogP contribution is 2.42. The monoisotopic (exact) mass is 253 g/mol. The highest BCUT2D eigenvalue weighted by atomic mass is 16.3. The molecule has 2 N–H and O–H groups in total. The van der Waals surface area contributed by atoms with Crippen molar-refractivity contribution in [3.8, 4) is 0 Å². The van der Waals surface area contributed by atoms with E-state index >= 15 is 0 Å². The van der Waals surface area contributed by atoms with E-state index in [-0.39, 0.29) is 23.5 Å². The first kappa shape index (κ1) is 13.9. The number of hydrogen-bond donors (Lipinski definition) is 2. The van der Waals surface area contributed by atoms with Crippen molar-refractivity contribution in [1.82, 2.24) is 5.32 Å². The number of aliphatic hydroxyl groups excluding tert-OH is 1. The average molecular weight is 253 g/mol. The molecule has 0 spiro atoms. The number of carbonyl (C=O) groups excluding carboxylic acids is 1. The van der Waals surface area contributed by atoms with Gasteiger partial charge in [-0.25, -0.2) is 0 Å². The fourth-order valence-electron chi connectivity index (χ4n) is 3.72. The molecule has 18 heavy (non-hydrogen) atoms. The van der Waals surface area contributed by atoms with Crippen molar-refractivity contribution in [2.75, 3.05) is 6.61 Å². The Morgan fingerprint density at radius 1 is 1.06 bits per heavy atom. The number of carbonyl (C=O) groups is 1. The van der Waals surface area contributed by atoms with Crippen LogP contribution >= 0.6 is 0 Å². The number of aliphatic hydroxyl groups is 1. The fourth-order valence-corrected chi connectivity index (χ4v) is 3.72. The SMILES string of the molecule is CCC1(C(=O)NC2(CO)CCCCC2)CCCC1. The van der Waals surface area contributed by atoms with Gasteiger partial charge in [-0.3, -0.25) is 4.79 Å². The van der Waals surface area contributed by atoms with Crippen LogP contribution < -0.4 is 5.32 Å². The molecule has 0 radical (unpaired) electrons. The largest absolute Gasteiger partial charge is 0.394 e. The molecular formula is C15H27NO2. The number of hydrogen-bond acceptors (Lipinski definition) is 2. The summed E-state index contributed by atoms with van der Waals surface area (Å²) in [6, 6.07) is 0. The standard InChI is InChI=1S/C15H27NO2/c1-2-14(8-6-7-9-14)13(18)16-15(12-17)10-4-3-5-11-15/h17H,2-12H2,1H3,(H,16,18). The van der Waals surface area contributed by atoms with Crippen LogP contribution in [0.3, 0.4) is 0 Å². The predicted molar refractivity (Wildman–Crippen MR) is 72.2 cm³/mol. The Labute approximate surface area is 110 Å². The zero-order chi connectivity index (χ0) is 13.1. The van der Waals surface area contributed by atoms with Crippen LogP contribution in [-0.2, 0) is 4.79 Å². The highest BCUT2D eigenvalue weighted by molar-refractivity contribution is 5.83. The molecule has 3 heteroatoms. The van der Waals surface area contributed by atoms with Crippen molar-refractivity contribution in [1.29, 1.82) is 0 Å². The minimum absolute atomic E-state index is 0.0958. The summed E-state index contributed by atoms with van der Waals surface area (Å²) in [5, 5.41) is 12.9. The first-order valence-electron chi connectivity index (χ1n) is 7.60. The topological polar surface area (TPSA) is 49.3 Å². The molecule has 2 saturated carbocycles. The maximum Gasteiger partial charge on any atom is 0.226 e. The molecule has 0 aromatic carbocycles. The first-order chi connectivity index (χ1) is 8.66. The molecule has 104 valence electrons. The summed E-state index contributed by atoms with van der Waals surface area (Å²) < 4.78 is 0. The van der Waals surface area contributed by atoms with Gasteiger partial charge in [0.2, 0.25) is 5.91 Å². The second-order valence-corrected chi connectivity index (χ2v) is 6.29. The summed E-state index contributed by atoms with van der Waals surface area (Å²) in [6.45, 7) is 2.22. The van der Waals surface area contributed by atoms with Gasteiger partial charge in [-0.1, -0.05) is 39.0 Å². The van der Waals surface area contributed by atoms with Gasteiger partial charge in [-0.2, -0.15) is 0 Å². The Morgan fingerprint density at radius 2 is 1.61 bits per heavy atom. The van der Waals surface area contributed by atoms with E-state index in [9.17, 15) is 9.90 Å². The van der Waals surface area contributed by atoms with E-state index < -0.39 is 0 Å². The zero-order valence-corrected chi connectivity index (χ0v) is 11.6. The van der Waals surface area contributed by atoms with Crippen molar-refractivity contribution >= 4 is 5.91 Å². The van der Waals surface area contributed by atoms with Crippen molar-refractivity contribution in [2.45, 2.75) is 76.7 Å². The van der Waals surface area contributed by atoms with E-state index in [1.165, 1.54) is 19.3 Å². The molecule has 0 unspecified atom stereocenters. The van der Waals surface area contributed by atoms with Gasteiger partial charge >= 0.3 is 0 Å². The molecule has 0 aromatic heterocycles. The molecule has 0 aliphatic heterocycles. The zero-order valence-electron chi connectivity index (χ0n) is 11.6. The van der Waals surface area contributed by atoms with E-state index in [1.54, 1.807) is 0 Å². The van der Waals surface area contributed by atoms with E-state index in [4.69, 9.17) is 0 Å². The molecule has 0 saturated heterocycles. The molecule has 3 nitrogen and oxygen atoms in total. The lowest BCUT2D eigenvalue weighted by atomic mass is 9.78. The van der Waals surface area contributed by atoms with Crippen molar-refractivity contribution < 1.29 is 9.90 Å². The Hall–Kier alpha value is -0.570. The third-order valence-electron chi connectivity index (χ3n) is 5.21. The van der Waals surface area contributed by atoms with Gasteiger partial charge in [0.05, 0.1) is 12.1 Å². The van der Waals surface area contributed by atoms with Crippen LogP contribution in [0.1, 0.15) is 71.1 Å². The van der Waals surface area contributed by atoms with Gasteiger partial charge in [0, 0.05) is 5.41 Å². The van der Waals surface area contributed by atoms with Gasteiger partial charge < -0.3 is 10.4 Å². The van der Waals surface area contributed by atoms with Crippen molar-refractivity contribution in [2.24, 2.45) is 5.41 Å². The number of amides is 1. The van der Waals surface area contributed by atoms with Crippen molar-refractivity contribution in [3.63, 3.8) is 0 Å². The summed E-state index contributed by atoms with van der Waals surface area (Å²) in [7, 11) is 0. The van der Waals surface area contributed by atoms with Gasteiger partial charge in [-0.05, 0) is 32.1 Å². The van der Waals surface area contributed by atoms with Crippen LogP contribution in [0.25, 0.3) is 0 Å². The Kier molecular flexibility index (Phi) is 4.31. The predicted octanol–water partition coefficient (Wildman–Crippen LogP) is 2.77. The second-order valence-electron chi connectivity index (χ2n) is 6.29. The van der Waals surface area contributed by atoms with Gasteiger partial charge in [0.1, 0.15) is 0 Å². The summed E-state index contributed by atoms with van der Waals surface area (Å²) in [6.07, 6.45) is 10.7. The van der Waals surface area contributed by atoms with Crippen molar-refractivity contribution in [3.05, 3.63) is 0 Å². The van der Waals surface area contributed by atoms with Crippen LogP contribution in [0.4, 0.5) is 0 Å². The molecule has 2 fully saturated rings. The molecule has 2 rings (SSSR count). The summed E-state index contributed by atoms with van der Waals surface area (Å²) in [5.41, 5.74) is -0.459. The molecule has 1 amide bonds. The van der Waals surface area contributed by atoms with Crippen LogP contribution in [0.5, 0.6) is 0 Å². The summed E-state index contributed by atoms with van der Waals surface area (Å²) in [4.78, 5) is 12.6. The average Bonchev–Trinajstić information content (AvgIpc) is 2.90.